The van der Waals surface area contributed by atoms with E-state index in [9.17, 15) is 20.1 Å². The first kappa shape index (κ1) is 25.8. The highest BCUT2D eigenvalue weighted by Crippen LogP contribution is 2.72. The van der Waals surface area contributed by atoms with E-state index in [1.54, 1.807) is 0 Å². The molecule has 4 saturated carbocycles. The van der Waals surface area contributed by atoms with Gasteiger partial charge in [0.1, 0.15) is 25.1 Å². The van der Waals surface area contributed by atoms with Crippen LogP contribution in [0.15, 0.2) is 0 Å². The predicted molar refractivity (Wildman–Crippen MR) is 132 cm³/mol. The summed E-state index contributed by atoms with van der Waals surface area (Å²) in [7, 11) is 0. The van der Waals surface area contributed by atoms with Gasteiger partial charge < -0.3 is 43.7 Å². The smallest absolute Gasteiger partial charge is 0.308 e. The number of esters is 1. The third kappa shape index (κ3) is 3.29. The lowest BCUT2D eigenvalue weighted by Crippen LogP contribution is -2.72. The van der Waals surface area contributed by atoms with Gasteiger partial charge in [0, 0.05) is 24.2 Å². The van der Waals surface area contributed by atoms with Crippen molar-refractivity contribution in [1.29, 1.82) is 0 Å². The number of ether oxygens (including phenoxy) is 6. The van der Waals surface area contributed by atoms with E-state index < -0.39 is 34.1 Å². The Labute approximate surface area is 228 Å². The van der Waals surface area contributed by atoms with E-state index in [4.69, 9.17) is 28.4 Å². The Morgan fingerprint density at radius 1 is 0.923 bits per heavy atom. The topological polar surface area (TPSA) is 133 Å². The maximum Gasteiger partial charge on any atom is 0.308 e. The summed E-state index contributed by atoms with van der Waals surface area (Å²) < 4.78 is 35.7. The van der Waals surface area contributed by atoms with Crippen molar-refractivity contribution < 1.29 is 48.5 Å². The van der Waals surface area contributed by atoms with Crippen LogP contribution in [0.1, 0.15) is 77.6 Å². The fourth-order valence-corrected chi connectivity index (χ4v) is 10.9. The molecule has 218 valence electrons. The van der Waals surface area contributed by atoms with Gasteiger partial charge in [-0.3, -0.25) is 4.79 Å². The molecule has 8 fully saturated rings. The second kappa shape index (κ2) is 8.37. The SMILES string of the molecule is C[C@@H]1C[C@H]2OCO[C@H]2[C@H](O[C@H]2CC[C@]3(O)[C@H]4CC[C@]56CO[C@]7(COC(=O)C7)[C@H]5CC[C@]6(O)[C@@H]4CC[C@]3(O)C2)O1. The summed E-state index contributed by atoms with van der Waals surface area (Å²) in [6.45, 7) is 2.95. The maximum absolute atomic E-state index is 12.5. The van der Waals surface area contributed by atoms with E-state index in [1.807, 2.05) is 6.92 Å². The van der Waals surface area contributed by atoms with Gasteiger partial charge in [-0.15, -0.1) is 0 Å². The van der Waals surface area contributed by atoms with Crippen LogP contribution in [0.3, 0.4) is 0 Å². The lowest BCUT2D eigenvalue weighted by molar-refractivity contribution is -0.311. The molecule has 0 unspecified atom stereocenters. The van der Waals surface area contributed by atoms with Gasteiger partial charge in [-0.05, 0) is 70.1 Å². The first-order chi connectivity index (χ1) is 18.6. The van der Waals surface area contributed by atoms with Crippen LogP contribution < -0.4 is 0 Å². The van der Waals surface area contributed by atoms with Crippen molar-refractivity contribution >= 4 is 5.97 Å². The highest BCUT2D eigenvalue weighted by molar-refractivity contribution is 5.73. The van der Waals surface area contributed by atoms with Gasteiger partial charge >= 0.3 is 5.97 Å². The van der Waals surface area contributed by atoms with Crippen molar-refractivity contribution in [3.8, 4) is 0 Å². The zero-order chi connectivity index (χ0) is 26.8. The first-order valence-corrected chi connectivity index (χ1v) is 15.1. The molecule has 0 bridgehead atoms. The molecule has 8 aliphatic rings. The van der Waals surface area contributed by atoms with Crippen LogP contribution in [0.2, 0.25) is 0 Å². The molecule has 10 nitrogen and oxygen atoms in total. The molecule has 13 atom stereocenters. The van der Waals surface area contributed by atoms with Gasteiger partial charge in [0.2, 0.25) is 0 Å². The minimum Gasteiger partial charge on any atom is -0.462 e. The van der Waals surface area contributed by atoms with Gasteiger partial charge in [-0.2, -0.15) is 0 Å². The summed E-state index contributed by atoms with van der Waals surface area (Å²) in [5.41, 5.74) is -4.61. The molecule has 3 N–H and O–H groups in total. The molecular formula is C29H42O10. The standard InChI is InChI=1S/C29H42O10/c1-16-10-20-23(36-15-35-20)24(38-16)39-17-2-8-29(33)19-3-6-25-13-37-26(12-22(30)34-14-26)21(25)5-9-28(25,32)18(19)4-7-27(29,31)11-17/h16-21,23-24,31-33H,2-15H2,1H3/t16-,17+,18-,19+,20-,21+,23-,24+,25+,26-,27+,28+,29+/m1/s1. The number of fused-ring (bicyclic) bond motifs is 6. The van der Waals surface area contributed by atoms with Crippen LogP contribution in [-0.2, 0) is 33.2 Å². The second-order valence-corrected chi connectivity index (χ2v) is 14.1. The van der Waals surface area contributed by atoms with Crippen LogP contribution in [0.5, 0.6) is 0 Å². The molecule has 0 radical (unpaired) electrons. The third-order valence-corrected chi connectivity index (χ3v) is 12.7. The molecule has 4 saturated heterocycles. The number of carbonyl (C=O) groups is 1. The summed E-state index contributed by atoms with van der Waals surface area (Å²) in [5, 5.41) is 36.8. The molecule has 0 amide bonds. The van der Waals surface area contributed by atoms with Crippen LogP contribution in [-0.4, -0.2) is 94.4 Å². The number of cyclic esters (lactones) is 1. The highest BCUT2D eigenvalue weighted by atomic mass is 16.8. The largest absolute Gasteiger partial charge is 0.462 e. The summed E-state index contributed by atoms with van der Waals surface area (Å²) in [5.74, 6) is -0.470. The minimum absolute atomic E-state index is 0.00448. The fraction of sp³-hybridized carbons (Fsp3) is 0.966. The molecule has 8 rings (SSSR count). The van der Waals surface area contributed by atoms with Gasteiger partial charge in [0.05, 0.1) is 48.1 Å². The van der Waals surface area contributed by atoms with Gasteiger partial charge in [0.25, 0.3) is 0 Å². The van der Waals surface area contributed by atoms with Crippen LogP contribution in [0, 0.1) is 23.2 Å². The monoisotopic (exact) mass is 550 g/mol. The maximum atomic E-state index is 12.5. The molecule has 2 spiro atoms. The molecule has 0 aromatic carbocycles. The summed E-state index contributed by atoms with van der Waals surface area (Å²) in [6.07, 6.45) is 5.17. The van der Waals surface area contributed by atoms with Crippen molar-refractivity contribution in [2.75, 3.05) is 20.0 Å². The van der Waals surface area contributed by atoms with E-state index in [-0.39, 0.29) is 68.0 Å². The van der Waals surface area contributed by atoms with Crippen molar-refractivity contribution in [1.82, 2.24) is 0 Å². The van der Waals surface area contributed by atoms with Gasteiger partial charge in [-0.25, -0.2) is 0 Å². The van der Waals surface area contributed by atoms with Crippen LogP contribution in [0.25, 0.3) is 0 Å². The van der Waals surface area contributed by atoms with E-state index in [0.29, 0.717) is 45.1 Å². The van der Waals surface area contributed by atoms with E-state index >= 15 is 0 Å². The summed E-state index contributed by atoms with van der Waals surface area (Å²) in [6, 6.07) is 0. The van der Waals surface area contributed by atoms with Gasteiger partial charge in [-0.1, -0.05) is 0 Å². The number of aliphatic hydroxyl groups is 3. The number of hydrogen-bond donors (Lipinski definition) is 3. The first-order valence-electron chi connectivity index (χ1n) is 15.1. The minimum atomic E-state index is -1.29. The average Bonchev–Trinajstić information content (AvgIpc) is 3.64. The molecule has 10 heteroatoms. The Morgan fingerprint density at radius 2 is 1.72 bits per heavy atom. The normalized spacial score (nSPS) is 59.8. The van der Waals surface area contributed by atoms with E-state index in [1.165, 1.54) is 0 Å². The lowest BCUT2D eigenvalue weighted by Gasteiger charge is -2.64. The summed E-state index contributed by atoms with van der Waals surface area (Å²) in [4.78, 5) is 12.1. The Morgan fingerprint density at radius 3 is 2.54 bits per heavy atom. The van der Waals surface area contributed by atoms with Crippen molar-refractivity contribution in [3.63, 3.8) is 0 Å². The number of hydrogen-bond acceptors (Lipinski definition) is 10. The van der Waals surface area contributed by atoms with Crippen LogP contribution >= 0.6 is 0 Å². The third-order valence-electron chi connectivity index (χ3n) is 12.7. The zero-order valence-electron chi connectivity index (χ0n) is 22.7. The molecule has 0 aromatic rings. The Kier molecular flexibility index (Phi) is 5.54. The number of rotatable bonds is 2. The zero-order valence-corrected chi connectivity index (χ0v) is 22.7. The fourth-order valence-electron chi connectivity index (χ4n) is 10.9. The van der Waals surface area contributed by atoms with E-state index in [2.05, 4.69) is 0 Å². The quantitative estimate of drug-likeness (QED) is 0.344. The van der Waals surface area contributed by atoms with Crippen molar-refractivity contribution in [2.45, 2.75) is 131 Å². The van der Waals surface area contributed by atoms with Crippen molar-refractivity contribution in [3.05, 3.63) is 0 Å². The number of carbonyl (C=O) groups excluding carboxylic acids is 1. The average molecular weight is 551 g/mol. The molecule has 4 heterocycles. The summed E-state index contributed by atoms with van der Waals surface area (Å²) >= 11 is 0. The van der Waals surface area contributed by atoms with E-state index in [0.717, 1.165) is 25.7 Å². The second-order valence-electron chi connectivity index (χ2n) is 14.1. The highest BCUT2D eigenvalue weighted by Gasteiger charge is 2.77. The lowest BCUT2D eigenvalue weighted by atomic mass is 9.45. The molecule has 0 aromatic heterocycles. The molecule has 39 heavy (non-hydrogen) atoms. The Hall–Kier alpha value is -0.850. The van der Waals surface area contributed by atoms with Gasteiger partial charge in [0.15, 0.2) is 6.29 Å². The van der Waals surface area contributed by atoms with Crippen molar-refractivity contribution in [2.24, 2.45) is 23.2 Å². The van der Waals surface area contributed by atoms with Crippen LogP contribution in [0.4, 0.5) is 0 Å². The predicted octanol–water partition coefficient (Wildman–Crippen LogP) is 1.56. The Bertz CT molecular complexity index is 1040. The molecule has 4 aliphatic heterocycles. The Balaban J connectivity index is 1.02. The molecular weight excluding hydrogens is 508 g/mol. The molecule has 4 aliphatic carbocycles.